The molecule has 0 aliphatic heterocycles. The predicted molar refractivity (Wildman–Crippen MR) is 87.9 cm³/mol. The first kappa shape index (κ1) is 14.2. The molecular weight excluding hydrogens is 280 g/mol. The summed E-state index contributed by atoms with van der Waals surface area (Å²) in [6, 6.07) is 18.9. The van der Waals surface area contributed by atoms with Crippen LogP contribution in [0.5, 0.6) is 0 Å². The summed E-state index contributed by atoms with van der Waals surface area (Å²) in [7, 11) is 2.11. The molecule has 108 valence electrons. The minimum atomic E-state index is -2.78. The average molecular weight is 298 g/mol. The van der Waals surface area contributed by atoms with Gasteiger partial charge in [0.2, 0.25) is 0 Å². The lowest BCUT2D eigenvalue weighted by atomic mass is 10.0. The Morgan fingerprint density at radius 2 is 1.29 bits per heavy atom. The van der Waals surface area contributed by atoms with Crippen molar-refractivity contribution in [1.29, 1.82) is 0 Å². The van der Waals surface area contributed by atoms with Crippen LogP contribution < -0.4 is 5.19 Å². The quantitative estimate of drug-likeness (QED) is 0.547. The van der Waals surface area contributed by atoms with Gasteiger partial charge in [-0.15, -0.1) is 0 Å². The van der Waals surface area contributed by atoms with Crippen LogP contribution in [0.15, 0.2) is 54.6 Å². The Kier molecular flexibility index (Phi) is 3.78. The van der Waals surface area contributed by atoms with Gasteiger partial charge in [0.1, 0.15) is 0 Å². The lowest BCUT2D eigenvalue weighted by Crippen LogP contribution is -2.54. The van der Waals surface area contributed by atoms with E-state index in [4.69, 9.17) is 13.3 Å². The Morgan fingerprint density at radius 1 is 0.667 bits per heavy atom. The Hall–Kier alpha value is -1.72. The summed E-state index contributed by atoms with van der Waals surface area (Å²) in [5.41, 5.74) is 0. The zero-order valence-electron chi connectivity index (χ0n) is 12.4. The van der Waals surface area contributed by atoms with Gasteiger partial charge < -0.3 is 13.3 Å². The minimum absolute atomic E-state index is 0.970. The molecule has 0 aromatic heterocycles. The largest absolute Gasteiger partial charge is 0.536 e. The molecule has 0 amide bonds. The van der Waals surface area contributed by atoms with E-state index >= 15 is 0 Å². The summed E-state index contributed by atoms with van der Waals surface area (Å²) in [6.07, 6.45) is 0. The van der Waals surface area contributed by atoms with Gasteiger partial charge in [0.05, 0.1) is 0 Å². The van der Waals surface area contributed by atoms with Crippen LogP contribution in [0.4, 0.5) is 0 Å². The molecule has 0 radical (unpaired) electrons. The number of rotatable bonds is 4. The molecule has 0 heterocycles. The van der Waals surface area contributed by atoms with Crippen LogP contribution in [-0.2, 0) is 13.3 Å². The molecule has 0 aliphatic rings. The predicted octanol–water partition coefficient (Wildman–Crippen LogP) is 3.08. The zero-order chi connectivity index (χ0) is 14.9. The zero-order valence-corrected chi connectivity index (χ0v) is 13.4. The van der Waals surface area contributed by atoms with Crippen LogP contribution in [0.2, 0.25) is 0 Å². The molecule has 0 fully saturated rings. The van der Waals surface area contributed by atoms with E-state index in [0.29, 0.717) is 0 Å². The summed E-state index contributed by atoms with van der Waals surface area (Å²) in [5, 5.41) is 5.85. The van der Waals surface area contributed by atoms with E-state index in [1.165, 1.54) is 16.2 Å². The third-order valence-electron chi connectivity index (χ3n) is 3.90. The van der Waals surface area contributed by atoms with Gasteiger partial charge in [-0.1, -0.05) is 48.5 Å². The summed E-state index contributed by atoms with van der Waals surface area (Å²) in [6.45, 7) is 0. The molecule has 0 atom stereocenters. The van der Waals surface area contributed by atoms with Gasteiger partial charge in [-0.3, -0.25) is 0 Å². The van der Waals surface area contributed by atoms with Crippen molar-refractivity contribution in [2.75, 3.05) is 21.3 Å². The molecule has 0 bridgehead atoms. The van der Waals surface area contributed by atoms with Crippen LogP contribution in [0.1, 0.15) is 0 Å². The van der Waals surface area contributed by atoms with Crippen molar-refractivity contribution in [3.63, 3.8) is 0 Å². The monoisotopic (exact) mass is 298 g/mol. The molecule has 0 saturated carbocycles. The van der Waals surface area contributed by atoms with E-state index in [1.807, 2.05) is 6.07 Å². The van der Waals surface area contributed by atoms with Crippen LogP contribution in [0.3, 0.4) is 0 Å². The summed E-state index contributed by atoms with van der Waals surface area (Å²) < 4.78 is 16.7. The molecule has 0 saturated heterocycles. The number of hydrogen-bond donors (Lipinski definition) is 0. The topological polar surface area (TPSA) is 27.7 Å². The van der Waals surface area contributed by atoms with E-state index in [9.17, 15) is 0 Å². The number of hydrogen-bond acceptors (Lipinski definition) is 3. The smallest absolute Gasteiger partial charge is 0.373 e. The van der Waals surface area contributed by atoms with E-state index in [1.54, 1.807) is 21.3 Å². The highest BCUT2D eigenvalue weighted by Gasteiger charge is 2.40. The highest BCUT2D eigenvalue weighted by atomic mass is 28.4. The van der Waals surface area contributed by atoms with Gasteiger partial charge >= 0.3 is 8.80 Å². The Labute approximate surface area is 125 Å². The average Bonchev–Trinajstić information content (AvgIpc) is 2.56. The molecule has 0 N–H and O–H groups in total. The van der Waals surface area contributed by atoms with Crippen molar-refractivity contribution in [3.05, 3.63) is 54.6 Å². The lowest BCUT2D eigenvalue weighted by Gasteiger charge is -2.24. The van der Waals surface area contributed by atoms with Crippen molar-refractivity contribution >= 4 is 35.5 Å². The molecular formula is C17H18O3Si. The van der Waals surface area contributed by atoms with Gasteiger partial charge in [0.15, 0.2) is 0 Å². The van der Waals surface area contributed by atoms with Crippen molar-refractivity contribution in [1.82, 2.24) is 0 Å². The maximum absolute atomic E-state index is 5.55. The van der Waals surface area contributed by atoms with Gasteiger partial charge in [-0.05, 0) is 27.6 Å². The third-order valence-corrected chi connectivity index (χ3v) is 6.54. The van der Waals surface area contributed by atoms with Crippen molar-refractivity contribution in [2.45, 2.75) is 0 Å². The molecule has 3 aromatic carbocycles. The fourth-order valence-electron chi connectivity index (χ4n) is 2.81. The first-order chi connectivity index (χ1) is 10.2. The number of benzene rings is 3. The Balaban J connectivity index is 2.24. The molecule has 0 spiro atoms. The van der Waals surface area contributed by atoms with E-state index in [0.717, 1.165) is 10.6 Å². The van der Waals surface area contributed by atoms with E-state index in [2.05, 4.69) is 48.5 Å². The molecule has 21 heavy (non-hydrogen) atoms. The van der Waals surface area contributed by atoms with Crippen LogP contribution in [-0.4, -0.2) is 30.1 Å². The third kappa shape index (κ3) is 2.26. The first-order valence-corrected chi connectivity index (χ1v) is 8.54. The standard InChI is InChI=1S/C17H18O3Si/c1-18-21(19-2,20-3)15-10-11-17-14(12-15)9-8-13-6-4-5-7-16(13)17/h4-12H,1-3H3. The minimum Gasteiger partial charge on any atom is -0.373 e. The Bertz CT molecular complexity index is 773. The second kappa shape index (κ2) is 5.58. The fraction of sp³-hybridized carbons (Fsp3) is 0.176. The normalized spacial score (nSPS) is 12.1. The molecule has 0 aliphatic carbocycles. The van der Waals surface area contributed by atoms with Gasteiger partial charge in [-0.25, -0.2) is 0 Å². The molecule has 3 rings (SSSR count). The van der Waals surface area contributed by atoms with Gasteiger partial charge in [0, 0.05) is 26.5 Å². The molecule has 3 nitrogen and oxygen atoms in total. The summed E-state index contributed by atoms with van der Waals surface area (Å²) in [4.78, 5) is 0. The summed E-state index contributed by atoms with van der Waals surface area (Å²) in [5.74, 6) is 0. The van der Waals surface area contributed by atoms with E-state index < -0.39 is 8.80 Å². The van der Waals surface area contributed by atoms with Gasteiger partial charge in [-0.2, -0.15) is 0 Å². The van der Waals surface area contributed by atoms with Crippen LogP contribution in [0.25, 0.3) is 21.5 Å². The number of fused-ring (bicyclic) bond motifs is 3. The SMILES string of the molecule is CO[Si](OC)(OC)c1ccc2c(ccc3ccccc32)c1. The van der Waals surface area contributed by atoms with Crippen molar-refractivity contribution in [3.8, 4) is 0 Å². The lowest BCUT2D eigenvalue weighted by molar-refractivity contribution is 0.140. The maximum Gasteiger partial charge on any atom is 0.536 e. The second-order valence-electron chi connectivity index (χ2n) is 4.89. The van der Waals surface area contributed by atoms with E-state index in [-0.39, 0.29) is 0 Å². The maximum atomic E-state index is 5.55. The molecule has 3 aromatic rings. The highest BCUT2D eigenvalue weighted by molar-refractivity contribution is 6.75. The summed E-state index contributed by atoms with van der Waals surface area (Å²) >= 11 is 0. The van der Waals surface area contributed by atoms with Crippen LogP contribution >= 0.6 is 0 Å². The van der Waals surface area contributed by atoms with Gasteiger partial charge in [0.25, 0.3) is 0 Å². The van der Waals surface area contributed by atoms with Crippen molar-refractivity contribution in [2.24, 2.45) is 0 Å². The van der Waals surface area contributed by atoms with Crippen LogP contribution in [0, 0.1) is 0 Å². The molecule has 0 unspecified atom stereocenters. The second-order valence-corrected chi connectivity index (χ2v) is 7.81. The van der Waals surface area contributed by atoms with Crippen molar-refractivity contribution < 1.29 is 13.3 Å². The molecule has 4 heteroatoms. The highest BCUT2D eigenvalue weighted by Crippen LogP contribution is 2.25. The fourth-order valence-corrected chi connectivity index (χ4v) is 4.63. The first-order valence-electron chi connectivity index (χ1n) is 6.81. The Morgan fingerprint density at radius 3 is 2.00 bits per heavy atom.